The molecule has 6 aromatic rings. The zero-order chi connectivity index (χ0) is 49.0. The Kier molecular flexibility index (Phi) is 14.6. The molecule has 3 N–H and O–H groups in total. The van der Waals surface area contributed by atoms with Crippen LogP contribution in [0.2, 0.25) is 10.0 Å². The number of hydrogen-bond donors (Lipinski definition) is 2. The Bertz CT molecular complexity index is 2830. The van der Waals surface area contributed by atoms with Crippen LogP contribution < -0.4 is 5.73 Å². The van der Waals surface area contributed by atoms with Crippen LogP contribution in [0.4, 0.5) is 0 Å². The fourth-order valence-electron chi connectivity index (χ4n) is 8.55. The van der Waals surface area contributed by atoms with Gasteiger partial charge in [-0.05, 0) is 94.8 Å². The first-order chi connectivity index (χ1) is 32.4. The molecule has 18 heteroatoms. The second kappa shape index (κ2) is 20.1. The number of hydrogen-bond acceptors (Lipinski definition) is 10. The lowest BCUT2D eigenvalue weighted by Gasteiger charge is -2.29. The lowest BCUT2D eigenvalue weighted by Crippen LogP contribution is -2.52. The predicted molar refractivity (Wildman–Crippen MR) is 255 cm³/mol. The van der Waals surface area contributed by atoms with E-state index in [1.807, 2.05) is 42.5 Å². The first-order valence-corrected chi connectivity index (χ1v) is 24.6. The summed E-state index contributed by atoms with van der Waals surface area (Å²) in [7, 11) is -6.29. The maximum absolute atomic E-state index is 13.7. The number of amides is 1. The van der Waals surface area contributed by atoms with Crippen molar-refractivity contribution in [2.75, 3.05) is 27.3 Å². The van der Waals surface area contributed by atoms with Gasteiger partial charge < -0.3 is 20.3 Å². The molecule has 352 valence electrons. The molecule has 0 radical (unpaired) electrons. The molecule has 2 aliphatic carbocycles. The number of benzene rings is 6. The van der Waals surface area contributed by atoms with Crippen molar-refractivity contribution in [3.05, 3.63) is 179 Å². The largest absolute Gasteiger partial charge is 0.480 e. The van der Waals surface area contributed by atoms with Crippen LogP contribution in [0.3, 0.4) is 0 Å². The second-order valence-electron chi connectivity index (χ2n) is 16.1. The molecule has 2 fully saturated rings. The van der Waals surface area contributed by atoms with Gasteiger partial charge in [-0.1, -0.05) is 132 Å². The molecule has 14 nitrogen and oxygen atoms in total. The SMILES string of the molecule is COC(=O)C1(N(CC(=O)O)S(=O)(=O)c2ccc(-c3ccc(Cl)cc3)cc2)CC1c1ccccc1.COC(=O)C1(N(CC(N)=O)S(=O)(=O)c2ccc(-c3ccc(Cl)cc3)cc2)CC1c1ccccc1. The molecule has 0 aliphatic heterocycles. The highest BCUT2D eigenvalue weighted by atomic mass is 35.5. The maximum Gasteiger partial charge on any atom is 0.328 e. The number of carbonyl (C=O) groups is 4. The predicted octanol–water partition coefficient (Wildman–Crippen LogP) is 7.76. The van der Waals surface area contributed by atoms with Crippen molar-refractivity contribution in [1.29, 1.82) is 0 Å². The summed E-state index contributed by atoms with van der Waals surface area (Å²) in [6.07, 6.45) is 0.304. The molecule has 4 unspecified atom stereocenters. The van der Waals surface area contributed by atoms with Gasteiger partial charge in [-0.2, -0.15) is 8.61 Å². The third-order valence-electron chi connectivity index (χ3n) is 12.1. The molecule has 1 amide bonds. The van der Waals surface area contributed by atoms with Crippen molar-refractivity contribution in [3.8, 4) is 22.3 Å². The Balaban J connectivity index is 0.000000201. The summed E-state index contributed by atoms with van der Waals surface area (Å²) < 4.78 is 66.5. The lowest BCUT2D eigenvalue weighted by molar-refractivity contribution is -0.149. The monoisotopic (exact) mass is 997 g/mol. The third-order valence-corrected chi connectivity index (χ3v) is 16.4. The van der Waals surface area contributed by atoms with E-state index in [1.165, 1.54) is 31.4 Å². The molecule has 0 spiro atoms. The number of esters is 2. The van der Waals surface area contributed by atoms with Crippen LogP contribution >= 0.6 is 23.2 Å². The van der Waals surface area contributed by atoms with Crippen molar-refractivity contribution in [2.45, 2.75) is 45.5 Å². The van der Waals surface area contributed by atoms with Crippen LogP contribution in [0.25, 0.3) is 22.3 Å². The fourth-order valence-corrected chi connectivity index (χ4v) is 12.3. The number of rotatable bonds is 16. The number of primary amides is 1. The van der Waals surface area contributed by atoms with Gasteiger partial charge in [0.1, 0.15) is 17.6 Å². The van der Waals surface area contributed by atoms with Gasteiger partial charge in [0.05, 0.1) is 30.6 Å². The highest BCUT2D eigenvalue weighted by Crippen LogP contribution is 2.59. The van der Waals surface area contributed by atoms with E-state index in [2.05, 4.69) is 0 Å². The Labute approximate surface area is 403 Å². The molecule has 8 rings (SSSR count). The van der Waals surface area contributed by atoms with Gasteiger partial charge in [-0.3, -0.25) is 9.59 Å². The summed E-state index contributed by atoms with van der Waals surface area (Å²) in [5.41, 5.74) is 6.98. The number of carbonyl (C=O) groups excluding carboxylic acids is 3. The number of methoxy groups -OCH3 is 2. The Hall–Kier alpha value is -6.40. The van der Waals surface area contributed by atoms with Gasteiger partial charge in [0.15, 0.2) is 0 Å². The molecule has 0 aromatic heterocycles. The topological polar surface area (TPSA) is 208 Å². The first-order valence-electron chi connectivity index (χ1n) is 20.9. The maximum atomic E-state index is 13.7. The van der Waals surface area contributed by atoms with Crippen LogP contribution in [0, 0.1) is 0 Å². The number of nitrogens with zero attached hydrogens (tertiary/aromatic N) is 2. The van der Waals surface area contributed by atoms with Gasteiger partial charge in [0, 0.05) is 21.9 Å². The molecule has 0 bridgehead atoms. The van der Waals surface area contributed by atoms with E-state index >= 15 is 0 Å². The minimum absolute atomic E-state index is 0.0616. The normalized spacial score (nSPS) is 19.6. The Morgan fingerprint density at radius 2 is 0.853 bits per heavy atom. The third kappa shape index (κ3) is 9.93. The molecule has 68 heavy (non-hydrogen) atoms. The van der Waals surface area contributed by atoms with E-state index < -0.39 is 79.9 Å². The van der Waals surface area contributed by atoms with Crippen LogP contribution in [0.15, 0.2) is 168 Å². The van der Waals surface area contributed by atoms with Gasteiger partial charge in [-0.15, -0.1) is 0 Å². The van der Waals surface area contributed by atoms with Crippen molar-refractivity contribution in [2.24, 2.45) is 5.73 Å². The first kappa shape index (κ1) is 49.5. The average Bonchev–Trinajstić information content (AvgIpc) is 4.28. The summed E-state index contributed by atoms with van der Waals surface area (Å²) in [4.78, 5) is 49.3. The molecule has 6 aromatic carbocycles. The quantitative estimate of drug-likeness (QED) is 0.0896. The lowest BCUT2D eigenvalue weighted by atomic mass is 10.1. The minimum Gasteiger partial charge on any atom is -0.480 e. The van der Waals surface area contributed by atoms with Gasteiger partial charge in [0.2, 0.25) is 26.0 Å². The van der Waals surface area contributed by atoms with E-state index in [1.54, 1.807) is 91.0 Å². The number of aliphatic carboxylic acids is 1. The summed E-state index contributed by atoms with van der Waals surface area (Å²) >= 11 is 11.9. The standard InChI is InChI=1S/C25H23ClN2O5S.C25H22ClNO6S/c1-33-24(30)25(15-22(25)19-5-3-2-4-6-19)28(16-23(27)29)34(31,32)21-13-9-18(10-14-21)17-7-11-20(26)12-8-17;1-33-24(30)25(15-22(25)19-5-3-2-4-6-19)27(16-23(28)29)34(31,32)21-13-9-18(10-14-21)17-7-11-20(26)12-8-17/h2-14,22H,15-16H2,1H3,(H2,27,29);2-14,22H,15-16H2,1H3,(H,28,29). The van der Waals surface area contributed by atoms with E-state index in [4.69, 9.17) is 38.4 Å². The highest BCUT2D eigenvalue weighted by molar-refractivity contribution is 7.89. The van der Waals surface area contributed by atoms with Crippen molar-refractivity contribution < 1.29 is 50.6 Å². The summed E-state index contributed by atoms with van der Waals surface area (Å²) in [6.45, 7) is -1.53. The van der Waals surface area contributed by atoms with E-state index in [9.17, 15) is 41.1 Å². The van der Waals surface area contributed by atoms with Gasteiger partial charge in [-0.25, -0.2) is 26.4 Å². The Morgan fingerprint density at radius 3 is 1.15 bits per heavy atom. The van der Waals surface area contributed by atoms with Gasteiger partial charge in [0.25, 0.3) is 0 Å². The van der Waals surface area contributed by atoms with Crippen molar-refractivity contribution in [1.82, 2.24) is 8.61 Å². The summed E-state index contributed by atoms with van der Waals surface area (Å²) in [5.74, 6) is -4.76. The number of halogens is 2. The molecule has 0 heterocycles. The van der Waals surface area contributed by atoms with Crippen molar-refractivity contribution >= 4 is 67.1 Å². The van der Waals surface area contributed by atoms with Crippen LogP contribution in [-0.4, -0.2) is 92.8 Å². The molecule has 2 saturated carbocycles. The number of carboxylic acids is 1. The molecular formula is C50H45Cl2N3O11S2. The highest BCUT2D eigenvalue weighted by Gasteiger charge is 2.70. The van der Waals surface area contributed by atoms with E-state index in [-0.39, 0.29) is 22.6 Å². The van der Waals surface area contributed by atoms with Crippen molar-refractivity contribution in [3.63, 3.8) is 0 Å². The molecule has 2 aliphatic rings. The number of nitrogens with two attached hydrogens (primary N) is 1. The van der Waals surface area contributed by atoms with Crippen LogP contribution in [0.5, 0.6) is 0 Å². The Morgan fingerprint density at radius 1 is 0.544 bits per heavy atom. The fraction of sp³-hybridized carbons (Fsp3) is 0.200. The van der Waals surface area contributed by atoms with Crippen LogP contribution in [-0.2, 0) is 48.7 Å². The molecule has 0 saturated heterocycles. The molecular weight excluding hydrogens is 954 g/mol. The van der Waals surface area contributed by atoms with E-state index in [0.717, 1.165) is 49.1 Å². The number of carboxylic acid groups (broad SMARTS) is 1. The molecule has 4 atom stereocenters. The number of ether oxygens (including phenoxy) is 2. The average molecular weight is 999 g/mol. The minimum atomic E-state index is -4.36. The van der Waals surface area contributed by atoms with E-state index in [0.29, 0.717) is 10.0 Å². The summed E-state index contributed by atoms with van der Waals surface area (Å²) in [6, 6.07) is 44.4. The summed E-state index contributed by atoms with van der Waals surface area (Å²) in [5, 5.41) is 10.7. The number of sulfonamides is 2. The van der Waals surface area contributed by atoms with Gasteiger partial charge >= 0.3 is 17.9 Å². The zero-order valence-electron chi connectivity index (χ0n) is 36.6. The van der Waals surface area contributed by atoms with Crippen LogP contribution in [0.1, 0.15) is 35.8 Å². The zero-order valence-corrected chi connectivity index (χ0v) is 39.7. The second-order valence-corrected chi connectivity index (χ2v) is 20.7. The smallest absolute Gasteiger partial charge is 0.328 e.